The van der Waals surface area contributed by atoms with Gasteiger partial charge in [-0.05, 0) is 53.4 Å². The van der Waals surface area contributed by atoms with Crippen LogP contribution in [0.25, 0.3) is 0 Å². The lowest BCUT2D eigenvalue weighted by molar-refractivity contribution is 0.370. The summed E-state index contributed by atoms with van der Waals surface area (Å²) in [6, 6.07) is 0. The molecule has 0 aliphatic heterocycles. The molecule has 0 saturated heterocycles. The second kappa shape index (κ2) is 19.4. The first-order valence-corrected chi connectivity index (χ1v) is 19.8. The fourth-order valence-corrected chi connectivity index (χ4v) is 5.61. The van der Waals surface area contributed by atoms with Gasteiger partial charge in [-0.25, -0.2) is 8.42 Å². The van der Waals surface area contributed by atoms with E-state index in [1.54, 1.807) is 0 Å². The number of amidine groups is 2. The average Bonchev–Trinajstić information content (AvgIpc) is 2.85. The minimum atomic E-state index is -4.92. The lowest BCUT2D eigenvalue weighted by Crippen LogP contribution is -2.55. The Morgan fingerprint density at radius 2 is 0.805 bits per heavy atom. The Kier molecular flexibility index (Phi) is 18.9. The molecule has 0 atom stereocenters. The fraction of sp³-hybridized carbons (Fsp3) is 0.931. The van der Waals surface area contributed by atoms with E-state index >= 15 is 0 Å². The number of hydrogen-bond donors (Lipinski definition) is 6. The van der Waals surface area contributed by atoms with E-state index in [1.165, 1.54) is 47.0 Å². The van der Waals surface area contributed by atoms with Crippen LogP contribution in [0.3, 0.4) is 0 Å². The lowest BCUT2D eigenvalue weighted by atomic mass is 10.0. The van der Waals surface area contributed by atoms with E-state index in [0.29, 0.717) is 37.6 Å². The van der Waals surface area contributed by atoms with Crippen LogP contribution in [-0.4, -0.2) is 61.9 Å². The van der Waals surface area contributed by atoms with Crippen LogP contribution in [0, 0.1) is 0 Å². The van der Waals surface area contributed by atoms with E-state index in [2.05, 4.69) is 33.3 Å². The number of rotatable bonds is 24. The highest BCUT2D eigenvalue weighted by Crippen LogP contribution is 2.21. The average molecular weight is 629 g/mol. The van der Waals surface area contributed by atoms with E-state index in [4.69, 9.17) is 0 Å². The van der Waals surface area contributed by atoms with Crippen LogP contribution in [0.1, 0.15) is 151 Å². The van der Waals surface area contributed by atoms with Gasteiger partial charge in [-0.2, -0.15) is 0 Å². The van der Waals surface area contributed by atoms with Crippen molar-refractivity contribution in [3.63, 3.8) is 0 Å². The summed E-state index contributed by atoms with van der Waals surface area (Å²) in [6.07, 6.45) is 16.7. The van der Waals surface area contributed by atoms with E-state index in [1.807, 2.05) is 0 Å². The molecule has 6 N–H and O–H groups in total. The third-order valence-corrected chi connectivity index (χ3v) is 11.9. The standard InChI is InChI=1S/C29H64N4O6S2/c1-7-9-24-30-28(32-40(34,35,36)26(3)4)22-20-18-16-14-12-11-13-15-17-19-21-23-29(31-25-10-8-2)33-41(37,38,39)27(5)6/h26-27H,7-25H2,1-6H3,(H3,30,32,34,35,36)(H3,31,33,37,38,39). The molecule has 41 heavy (non-hydrogen) atoms. The Labute approximate surface area is 251 Å². The lowest BCUT2D eigenvalue weighted by Gasteiger charge is -2.36. The third-order valence-electron chi connectivity index (χ3n) is 7.27. The van der Waals surface area contributed by atoms with Crippen molar-refractivity contribution in [2.45, 2.75) is 161 Å². The molecule has 0 fully saturated rings. The van der Waals surface area contributed by atoms with Crippen LogP contribution in [0.5, 0.6) is 0 Å². The van der Waals surface area contributed by atoms with Gasteiger partial charge in [0.1, 0.15) is 11.7 Å². The molecular formula is C29H64N4O6S2. The minimum absolute atomic E-state index is 0.422. The monoisotopic (exact) mass is 628 g/mol. The molecule has 0 amide bonds. The fourth-order valence-electron chi connectivity index (χ4n) is 3.92. The molecule has 0 saturated carbocycles. The SMILES string of the molecule is CCCCN=C(CCCCCCCCCCCCCC(=NCCCC)NS(=O)(O)(O)C(C)C)NS(=O)(O)(O)C(C)C. The van der Waals surface area contributed by atoms with Gasteiger partial charge in [-0.15, -0.1) is 0 Å². The molecule has 0 unspecified atom stereocenters. The third kappa shape index (κ3) is 19.1. The zero-order chi connectivity index (χ0) is 31.5. The van der Waals surface area contributed by atoms with Crippen LogP contribution in [0.2, 0.25) is 0 Å². The summed E-state index contributed by atoms with van der Waals surface area (Å²) in [5.41, 5.74) is 0. The van der Waals surface area contributed by atoms with Crippen LogP contribution in [-0.2, 0) is 19.6 Å². The number of hydrogen-bond acceptors (Lipinski definition) is 4. The summed E-state index contributed by atoms with van der Waals surface area (Å²) in [6.45, 7) is 11.4. The Morgan fingerprint density at radius 1 is 0.537 bits per heavy atom. The maximum Gasteiger partial charge on any atom is 0.160 e. The summed E-state index contributed by atoms with van der Waals surface area (Å²) in [5, 5.41) is -1.65. The molecule has 0 rings (SSSR count). The van der Waals surface area contributed by atoms with Crippen molar-refractivity contribution in [1.29, 1.82) is 0 Å². The van der Waals surface area contributed by atoms with E-state index in [0.717, 1.165) is 77.0 Å². The van der Waals surface area contributed by atoms with Crippen molar-refractivity contribution in [2.24, 2.45) is 9.98 Å². The van der Waals surface area contributed by atoms with Crippen molar-refractivity contribution in [2.75, 3.05) is 13.1 Å². The van der Waals surface area contributed by atoms with Gasteiger partial charge in [0.05, 0.1) is 10.5 Å². The molecule has 248 valence electrons. The summed E-state index contributed by atoms with van der Waals surface area (Å²) in [7, 11) is -9.83. The molecule has 0 aromatic carbocycles. The normalized spacial score (nSPS) is 15.5. The Morgan fingerprint density at radius 3 is 1.05 bits per heavy atom. The topological polar surface area (TPSA) is 164 Å². The van der Waals surface area contributed by atoms with Gasteiger partial charge in [-0.3, -0.25) is 37.6 Å². The number of nitrogens with zero attached hydrogens (tertiary/aromatic N) is 2. The summed E-state index contributed by atoms with van der Waals surface area (Å²) >= 11 is 0. The molecular weight excluding hydrogens is 564 g/mol. The van der Waals surface area contributed by atoms with Gasteiger partial charge in [0.15, 0.2) is 19.6 Å². The summed E-state index contributed by atoms with van der Waals surface area (Å²) in [4.78, 5) is 8.87. The van der Waals surface area contributed by atoms with Crippen molar-refractivity contribution in [1.82, 2.24) is 9.44 Å². The van der Waals surface area contributed by atoms with Crippen LogP contribution < -0.4 is 9.44 Å². The first kappa shape index (κ1) is 40.1. The number of aliphatic imine (C=N–C) groups is 2. The second-order valence-corrected chi connectivity index (χ2v) is 17.9. The van der Waals surface area contributed by atoms with E-state index in [-0.39, 0.29) is 0 Å². The zero-order valence-electron chi connectivity index (χ0n) is 26.9. The van der Waals surface area contributed by atoms with Gasteiger partial charge in [0.25, 0.3) is 0 Å². The highest BCUT2D eigenvalue weighted by atomic mass is 32.3. The van der Waals surface area contributed by atoms with Crippen molar-refractivity contribution < 1.29 is 26.6 Å². The first-order chi connectivity index (χ1) is 19.0. The molecule has 10 nitrogen and oxygen atoms in total. The van der Waals surface area contributed by atoms with Gasteiger partial charge >= 0.3 is 0 Å². The molecule has 0 aromatic rings. The Bertz CT molecular complexity index is 837. The highest BCUT2D eigenvalue weighted by molar-refractivity contribution is 8.09. The number of unbranched alkanes of at least 4 members (excludes halogenated alkanes) is 12. The molecule has 0 aromatic heterocycles. The van der Waals surface area contributed by atoms with Crippen LogP contribution >= 0.6 is 0 Å². The van der Waals surface area contributed by atoms with Gasteiger partial charge < -0.3 is 0 Å². The zero-order valence-corrected chi connectivity index (χ0v) is 28.5. The maximum atomic E-state index is 12.5. The molecule has 0 radical (unpaired) electrons. The predicted octanol–water partition coefficient (Wildman–Crippen LogP) is 7.81. The van der Waals surface area contributed by atoms with Gasteiger partial charge in [0.2, 0.25) is 0 Å². The molecule has 12 heteroatoms. The smallest absolute Gasteiger partial charge is 0.160 e. The van der Waals surface area contributed by atoms with Gasteiger partial charge in [-0.1, -0.05) is 84.5 Å². The van der Waals surface area contributed by atoms with E-state index in [9.17, 15) is 26.6 Å². The van der Waals surface area contributed by atoms with Crippen molar-refractivity contribution >= 4 is 31.3 Å². The van der Waals surface area contributed by atoms with Crippen LogP contribution in [0.4, 0.5) is 0 Å². The first-order valence-electron chi connectivity index (χ1n) is 16.0. The van der Waals surface area contributed by atoms with Crippen molar-refractivity contribution in [3.8, 4) is 0 Å². The predicted molar refractivity (Wildman–Crippen MR) is 178 cm³/mol. The minimum Gasteiger partial charge on any atom is -0.293 e. The molecule has 0 aliphatic rings. The maximum absolute atomic E-state index is 12.5. The Hall–Kier alpha value is -0.920. The quantitative estimate of drug-likeness (QED) is 0.0362. The van der Waals surface area contributed by atoms with Gasteiger partial charge in [0, 0.05) is 25.9 Å². The molecule has 0 spiro atoms. The van der Waals surface area contributed by atoms with Crippen LogP contribution in [0.15, 0.2) is 9.98 Å². The van der Waals surface area contributed by atoms with Crippen molar-refractivity contribution in [3.05, 3.63) is 0 Å². The van der Waals surface area contributed by atoms with E-state index < -0.39 is 30.1 Å². The highest BCUT2D eigenvalue weighted by Gasteiger charge is 2.36. The Balaban J connectivity index is 4.20. The summed E-state index contributed by atoms with van der Waals surface area (Å²) in [5.74, 6) is 0.843. The molecule has 0 heterocycles. The summed E-state index contributed by atoms with van der Waals surface area (Å²) < 4.78 is 70.7. The number of nitrogens with one attached hydrogen (secondary N) is 2. The molecule has 0 aliphatic carbocycles. The largest absolute Gasteiger partial charge is 0.293 e. The molecule has 0 bridgehead atoms. The second-order valence-electron chi connectivity index (χ2n) is 11.9.